The molecule has 0 radical (unpaired) electrons. The minimum Gasteiger partial charge on any atom is -0.395 e. The molecule has 3 atom stereocenters. The fourth-order valence-corrected chi connectivity index (χ4v) is 11.1. The number of anilines is 2. The second-order valence-electron chi connectivity index (χ2n) is 16.4. The number of aliphatic hydroxyl groups excluding tert-OH is 2. The number of hydrogen-bond donors (Lipinski definition) is 4. The molecule has 20 heteroatoms. The topological polar surface area (TPSA) is 156 Å². The molecule has 6 rings (SSSR count). The first-order chi connectivity index (χ1) is 31.6. The van der Waals surface area contributed by atoms with Gasteiger partial charge >= 0.3 is 11.7 Å². The molecule has 1 saturated heterocycles. The highest BCUT2D eigenvalue weighted by atomic mass is 32.2. The van der Waals surface area contributed by atoms with E-state index in [4.69, 9.17) is 0 Å². The molecule has 0 spiro atoms. The Hall–Kier alpha value is -5.12. The molecule has 0 unspecified atom stereocenters. The normalized spacial score (nSPS) is 15.5. The Balaban J connectivity index is 1.14. The number of nitrogens with zero attached hydrogens (tertiary/aromatic N) is 2. The predicted molar refractivity (Wildman–Crippen MR) is 246 cm³/mol. The average molecular weight is 993 g/mol. The van der Waals surface area contributed by atoms with Crippen LogP contribution in [0.25, 0.3) is 11.1 Å². The number of alkyl halides is 6. The number of carbonyl (C=O) groups is 1. The molecular weight excluding hydrogens is 943 g/mol. The van der Waals surface area contributed by atoms with Gasteiger partial charge in [-0.15, -0.1) is 11.8 Å². The number of rotatable bonds is 18. The van der Waals surface area contributed by atoms with Gasteiger partial charge in [0.05, 0.1) is 28.9 Å². The Morgan fingerprint density at radius 2 is 1.48 bits per heavy atom. The van der Waals surface area contributed by atoms with Crippen LogP contribution in [0.3, 0.4) is 0 Å². The van der Waals surface area contributed by atoms with Gasteiger partial charge in [-0.1, -0.05) is 61.5 Å². The molecule has 1 amide bonds. The standard InChI is InChI=1S/C47H50F6N4O7S3/c1-31(29-56(2)26-27-58)42(30-65-37-8-4-3-5-9-37)54-41-21-20-38(28-43(41)66(61,62)47(51,52)53)67(63,64)55-45(60)34-14-18-36(19-15-34)57-24-22-33(23-25-57)44(59)40-11-7-6-10-39(40)32-12-16-35(17-13-32)46(48,49)50/h3-21,28,31,33,42,44,54,58-59H,22-27,29-30H2,1-2H3,(H,55,60)/t31-,42+,44-/m1/s1. The SMILES string of the molecule is C[C@H](CN(C)CCO)[C@H](CSc1ccccc1)Nc1ccc(S(=O)(=O)NC(=O)c2ccc(N3CCC([C@@H](O)c4ccccc4-c4ccc(C(F)(F)F)cc4)CC3)cc2)cc1S(=O)(=O)C(F)(F)F. The van der Waals surface area contributed by atoms with E-state index >= 15 is 0 Å². The zero-order valence-electron chi connectivity index (χ0n) is 36.3. The van der Waals surface area contributed by atoms with Crippen LogP contribution >= 0.6 is 11.8 Å². The number of aliphatic hydroxyl groups is 2. The molecule has 1 aliphatic heterocycles. The van der Waals surface area contributed by atoms with Crippen LogP contribution in [0.4, 0.5) is 37.7 Å². The summed E-state index contributed by atoms with van der Waals surface area (Å²) in [6.07, 6.45) is -4.32. The Kier molecular flexibility index (Phi) is 16.4. The van der Waals surface area contributed by atoms with E-state index in [2.05, 4.69) is 5.32 Å². The van der Waals surface area contributed by atoms with Crippen LogP contribution in [0.5, 0.6) is 0 Å². The average Bonchev–Trinajstić information content (AvgIpc) is 3.29. The molecule has 1 aliphatic rings. The van der Waals surface area contributed by atoms with E-state index in [0.29, 0.717) is 67.5 Å². The molecule has 1 heterocycles. The zero-order valence-corrected chi connectivity index (χ0v) is 38.8. The van der Waals surface area contributed by atoms with E-state index in [9.17, 15) is 58.2 Å². The highest BCUT2D eigenvalue weighted by Gasteiger charge is 2.48. The van der Waals surface area contributed by atoms with Gasteiger partial charge in [0.25, 0.3) is 25.8 Å². The minimum absolute atomic E-state index is 0.113. The number of nitrogens with one attached hydrogen (secondary N) is 2. The lowest BCUT2D eigenvalue weighted by Crippen LogP contribution is -2.38. The molecule has 5 aromatic rings. The van der Waals surface area contributed by atoms with Gasteiger partial charge in [-0.2, -0.15) is 26.3 Å². The number of sulfonamides is 1. The second kappa shape index (κ2) is 21.5. The minimum atomic E-state index is -6.14. The summed E-state index contributed by atoms with van der Waals surface area (Å²) < 4.78 is 137. The zero-order chi connectivity index (χ0) is 48.7. The van der Waals surface area contributed by atoms with Gasteiger partial charge in [0, 0.05) is 54.1 Å². The predicted octanol–water partition coefficient (Wildman–Crippen LogP) is 8.87. The molecule has 0 bridgehead atoms. The number of halogens is 6. The smallest absolute Gasteiger partial charge is 0.395 e. The Morgan fingerprint density at radius 1 is 0.851 bits per heavy atom. The maximum atomic E-state index is 14.2. The molecule has 1 fully saturated rings. The van der Waals surface area contributed by atoms with Gasteiger partial charge in [-0.3, -0.25) is 4.79 Å². The van der Waals surface area contributed by atoms with Crippen molar-refractivity contribution in [1.29, 1.82) is 0 Å². The largest absolute Gasteiger partial charge is 0.501 e. The van der Waals surface area contributed by atoms with Gasteiger partial charge in [0.1, 0.15) is 4.90 Å². The molecule has 11 nitrogen and oxygen atoms in total. The molecule has 67 heavy (non-hydrogen) atoms. The lowest BCUT2D eigenvalue weighted by atomic mass is 9.84. The number of likely N-dealkylation sites (N-methyl/N-ethyl adjacent to an activating group) is 1. The van der Waals surface area contributed by atoms with Gasteiger partial charge in [0.15, 0.2) is 0 Å². The lowest BCUT2D eigenvalue weighted by Gasteiger charge is -2.36. The van der Waals surface area contributed by atoms with Crippen molar-refractivity contribution in [3.63, 3.8) is 0 Å². The number of carbonyl (C=O) groups excluding carboxylic acids is 1. The van der Waals surface area contributed by atoms with Gasteiger partial charge in [-0.05, 0) is 115 Å². The van der Waals surface area contributed by atoms with Crippen LogP contribution < -0.4 is 14.9 Å². The van der Waals surface area contributed by atoms with Crippen molar-refractivity contribution in [2.24, 2.45) is 11.8 Å². The van der Waals surface area contributed by atoms with Crippen LogP contribution in [0, 0.1) is 11.8 Å². The van der Waals surface area contributed by atoms with E-state index < -0.39 is 70.6 Å². The van der Waals surface area contributed by atoms with Crippen molar-refractivity contribution < 1.29 is 58.2 Å². The monoisotopic (exact) mass is 992 g/mol. The van der Waals surface area contributed by atoms with E-state index in [1.807, 2.05) is 51.8 Å². The van der Waals surface area contributed by atoms with Crippen molar-refractivity contribution in [3.05, 3.63) is 138 Å². The van der Waals surface area contributed by atoms with Crippen molar-refractivity contribution in [2.45, 2.75) is 58.3 Å². The van der Waals surface area contributed by atoms with Crippen LogP contribution in [0.15, 0.2) is 136 Å². The first-order valence-electron chi connectivity index (χ1n) is 21.1. The molecule has 0 aromatic heterocycles. The van der Waals surface area contributed by atoms with Crippen molar-refractivity contribution >= 4 is 48.9 Å². The fourth-order valence-electron chi connectivity index (χ4n) is 7.92. The summed E-state index contributed by atoms with van der Waals surface area (Å²) >= 11 is 1.38. The maximum absolute atomic E-state index is 14.2. The molecule has 5 aromatic carbocycles. The number of hydrogen-bond acceptors (Lipinski definition) is 11. The maximum Gasteiger partial charge on any atom is 0.501 e. The summed E-state index contributed by atoms with van der Waals surface area (Å²) in [7, 11) is -9.33. The summed E-state index contributed by atoms with van der Waals surface area (Å²) in [5.41, 5.74) is -4.78. The molecule has 0 aliphatic carbocycles. The van der Waals surface area contributed by atoms with E-state index in [1.54, 1.807) is 43.4 Å². The third kappa shape index (κ3) is 12.7. The lowest BCUT2D eigenvalue weighted by molar-refractivity contribution is -0.137. The molecule has 360 valence electrons. The number of amides is 1. The third-order valence-electron chi connectivity index (χ3n) is 11.7. The number of sulfone groups is 1. The summed E-state index contributed by atoms with van der Waals surface area (Å²) in [5, 5.41) is 23.8. The first-order valence-corrected chi connectivity index (χ1v) is 25.1. The van der Waals surface area contributed by atoms with E-state index in [1.165, 1.54) is 36.0 Å². The van der Waals surface area contributed by atoms with Crippen molar-refractivity contribution in [3.8, 4) is 11.1 Å². The number of piperidine rings is 1. The van der Waals surface area contributed by atoms with E-state index in [0.717, 1.165) is 29.2 Å². The fraction of sp³-hybridized carbons (Fsp3) is 0.340. The number of thioether (sulfide) groups is 1. The number of benzene rings is 5. The second-order valence-corrected chi connectivity index (χ2v) is 21.0. The van der Waals surface area contributed by atoms with Crippen LogP contribution in [0.2, 0.25) is 0 Å². The van der Waals surface area contributed by atoms with Crippen LogP contribution in [0.1, 0.15) is 47.4 Å². The van der Waals surface area contributed by atoms with Gasteiger partial charge in [0.2, 0.25) is 0 Å². The molecular formula is C47H50F6N4O7S3. The van der Waals surface area contributed by atoms with Gasteiger partial charge in [-0.25, -0.2) is 21.6 Å². The molecule has 0 saturated carbocycles. The Labute approximate surface area is 390 Å². The van der Waals surface area contributed by atoms with E-state index in [-0.39, 0.29) is 29.8 Å². The quantitative estimate of drug-likeness (QED) is 0.0492. The first kappa shape index (κ1) is 51.3. The summed E-state index contributed by atoms with van der Waals surface area (Å²) in [4.78, 5) is 15.7. The molecule has 4 N–H and O–H groups in total. The Bertz CT molecular complexity index is 2690. The Morgan fingerprint density at radius 3 is 2.09 bits per heavy atom. The van der Waals surface area contributed by atoms with Crippen LogP contribution in [-0.2, 0) is 26.0 Å². The van der Waals surface area contributed by atoms with Crippen molar-refractivity contribution in [2.75, 3.05) is 55.8 Å². The summed E-state index contributed by atoms with van der Waals surface area (Å²) in [6, 6.07) is 28.3. The summed E-state index contributed by atoms with van der Waals surface area (Å²) in [6.45, 7) is 3.33. The summed E-state index contributed by atoms with van der Waals surface area (Å²) in [5.74, 6) is -1.36. The van der Waals surface area contributed by atoms with Gasteiger partial charge < -0.3 is 25.3 Å². The van der Waals surface area contributed by atoms with Crippen LogP contribution in [-0.4, -0.2) is 95.0 Å². The third-order valence-corrected chi connectivity index (χ3v) is 15.6. The highest BCUT2D eigenvalue weighted by Crippen LogP contribution is 2.40. The highest BCUT2D eigenvalue weighted by molar-refractivity contribution is 7.99. The van der Waals surface area contributed by atoms with Crippen molar-refractivity contribution in [1.82, 2.24) is 9.62 Å².